The smallest absolute Gasteiger partial charge is 0.497 e. The molecule has 0 aliphatic carbocycles. The van der Waals surface area contributed by atoms with Crippen LogP contribution in [0.5, 0.6) is 11.5 Å². The van der Waals surface area contributed by atoms with E-state index in [2.05, 4.69) is 5.32 Å². The van der Waals surface area contributed by atoms with Crippen molar-refractivity contribution in [3.8, 4) is 11.5 Å². The molecule has 23 heteroatoms. The molecule has 3 aliphatic heterocycles. The Labute approximate surface area is 384 Å². The van der Waals surface area contributed by atoms with Crippen LogP contribution in [-0.4, -0.2) is 131 Å². The van der Waals surface area contributed by atoms with Crippen molar-refractivity contribution < 1.29 is 76.7 Å². The fourth-order valence-corrected chi connectivity index (χ4v) is 6.83. The first-order valence-electron chi connectivity index (χ1n) is 18.6. The summed E-state index contributed by atoms with van der Waals surface area (Å²) in [6.07, 6.45) is -17.7. The number of halogens is 6. The Hall–Kier alpha value is -3.27. The lowest BCUT2D eigenvalue weighted by atomic mass is 9.94. The SMILES string of the molecule is COc1ccc(O[C@@H]2O[C@H](CO)[C@H](O)[C@H](O[C@@H]3O[C@@H]4CO[C@@H](c5ccccc5)O[C@H]4[C@H](OC(=O)OCC(Cl)(Cl)Cl)[C@H]3NC(=O)OCC(Cl)(Cl)Cl)[C@H]2OC(=O)c2ccccc2)cc1. The average molecular weight is 990 g/mol. The number of fused-ring (bicyclic) bond motifs is 1. The fourth-order valence-electron chi connectivity index (χ4n) is 6.50. The lowest BCUT2D eigenvalue weighted by Crippen LogP contribution is -2.70. The van der Waals surface area contributed by atoms with Crippen LogP contribution in [0.1, 0.15) is 22.2 Å². The Balaban J connectivity index is 1.39. The molecular weight excluding hydrogens is 951 g/mol. The lowest BCUT2D eigenvalue weighted by Gasteiger charge is -2.50. The van der Waals surface area contributed by atoms with Crippen LogP contribution in [-0.2, 0) is 42.6 Å². The van der Waals surface area contributed by atoms with Gasteiger partial charge in [-0.25, -0.2) is 14.4 Å². The van der Waals surface area contributed by atoms with E-state index in [4.69, 9.17) is 122 Å². The molecule has 62 heavy (non-hydrogen) atoms. The third-order valence-electron chi connectivity index (χ3n) is 9.30. The third kappa shape index (κ3) is 13.2. The standard InChI is InChI=1S/C39H39Cl6NO16/c1-52-22-12-14-23(15-13-22)56-35-31(59-32(49)20-8-4-2-5-9-20)30(27(48)24(16-47)57-35)61-34-26(46-36(50)54-18-38(40,41)42)29(62-37(51)55-19-39(43,44)45)28-25(58-34)17-53-33(60-28)21-10-6-3-7-11-21/h2-15,24-31,33-35,47-48H,16-19H2,1H3,(H,46,50)/t24-,25-,26-,27+,28-,29-,30+,31-,33-,34+,35-/m1/s1. The summed E-state index contributed by atoms with van der Waals surface area (Å²) >= 11 is 35.0. The Kier molecular flexibility index (Phi) is 16.8. The molecule has 3 heterocycles. The summed E-state index contributed by atoms with van der Waals surface area (Å²) in [6.45, 7) is -2.50. The van der Waals surface area contributed by atoms with Crippen LogP contribution in [0.15, 0.2) is 84.9 Å². The van der Waals surface area contributed by atoms with Crippen molar-refractivity contribution in [2.24, 2.45) is 0 Å². The molecule has 0 saturated carbocycles. The number of alkyl halides is 6. The highest BCUT2D eigenvalue weighted by molar-refractivity contribution is 6.68. The van der Waals surface area contributed by atoms with Crippen molar-refractivity contribution in [1.29, 1.82) is 0 Å². The van der Waals surface area contributed by atoms with E-state index in [1.807, 2.05) is 0 Å². The second kappa shape index (κ2) is 21.6. The number of rotatable bonds is 13. The number of nitrogens with one attached hydrogen (secondary N) is 1. The van der Waals surface area contributed by atoms with E-state index in [0.29, 0.717) is 11.3 Å². The molecule has 3 aromatic rings. The molecule has 338 valence electrons. The molecule has 17 nitrogen and oxygen atoms in total. The molecule has 0 spiro atoms. The van der Waals surface area contributed by atoms with Gasteiger partial charge >= 0.3 is 18.2 Å². The first-order chi connectivity index (χ1) is 29.5. The molecular formula is C39H39Cl6NO16. The summed E-state index contributed by atoms with van der Waals surface area (Å²) in [5.41, 5.74) is 0.673. The fraction of sp³-hybridized carbons (Fsp3) is 0.462. The molecule has 0 aromatic heterocycles. The number of carbonyl (C=O) groups excluding carboxylic acids is 3. The van der Waals surface area contributed by atoms with Crippen molar-refractivity contribution in [2.75, 3.05) is 33.5 Å². The van der Waals surface area contributed by atoms with Crippen LogP contribution in [0.2, 0.25) is 0 Å². The van der Waals surface area contributed by atoms with Crippen LogP contribution in [0, 0.1) is 0 Å². The third-order valence-corrected chi connectivity index (χ3v) is 9.96. The first kappa shape index (κ1) is 48.2. The van der Waals surface area contributed by atoms with Crippen molar-refractivity contribution in [3.63, 3.8) is 0 Å². The van der Waals surface area contributed by atoms with Gasteiger partial charge in [0.25, 0.3) is 0 Å². The predicted octanol–water partition coefficient (Wildman–Crippen LogP) is 5.96. The number of hydrogen-bond acceptors (Lipinski definition) is 16. The van der Waals surface area contributed by atoms with Crippen LogP contribution < -0.4 is 14.8 Å². The zero-order valence-electron chi connectivity index (χ0n) is 32.1. The van der Waals surface area contributed by atoms with Gasteiger partial charge in [0, 0.05) is 5.56 Å². The number of ether oxygens (including phenoxy) is 11. The number of alkyl carbamates (subject to hydrolysis) is 1. The molecule has 11 atom stereocenters. The van der Waals surface area contributed by atoms with E-state index < -0.39 is 113 Å². The van der Waals surface area contributed by atoms with Gasteiger partial charge in [0.2, 0.25) is 13.9 Å². The summed E-state index contributed by atoms with van der Waals surface area (Å²) < 4.78 is 60.4. The average Bonchev–Trinajstić information content (AvgIpc) is 3.25. The quantitative estimate of drug-likeness (QED) is 0.103. The summed E-state index contributed by atoms with van der Waals surface area (Å²) in [6, 6.07) is 21.2. The van der Waals surface area contributed by atoms with Crippen LogP contribution >= 0.6 is 69.6 Å². The highest BCUT2D eigenvalue weighted by atomic mass is 35.6. The van der Waals surface area contributed by atoms with Crippen molar-refractivity contribution in [1.82, 2.24) is 5.32 Å². The lowest BCUT2D eigenvalue weighted by molar-refractivity contribution is -0.367. The molecule has 1 amide bonds. The number of aliphatic hydroxyl groups excluding tert-OH is 2. The molecule has 3 aliphatic rings. The number of methoxy groups -OCH3 is 1. The van der Waals surface area contributed by atoms with Gasteiger partial charge in [-0.05, 0) is 36.4 Å². The highest BCUT2D eigenvalue weighted by Crippen LogP contribution is 2.39. The number of benzene rings is 3. The van der Waals surface area contributed by atoms with E-state index >= 15 is 0 Å². The zero-order chi connectivity index (χ0) is 44.6. The topological polar surface area (TPSA) is 205 Å². The summed E-state index contributed by atoms with van der Waals surface area (Å²) in [5, 5.41) is 24.7. The second-order valence-corrected chi connectivity index (χ2v) is 18.7. The van der Waals surface area contributed by atoms with Gasteiger partial charge in [-0.1, -0.05) is 118 Å². The summed E-state index contributed by atoms with van der Waals surface area (Å²) in [7, 11) is 1.47. The number of amides is 1. The Morgan fingerprint density at radius 3 is 2.02 bits per heavy atom. The van der Waals surface area contributed by atoms with E-state index in [9.17, 15) is 24.6 Å². The highest BCUT2D eigenvalue weighted by Gasteiger charge is 2.57. The van der Waals surface area contributed by atoms with Gasteiger partial charge in [-0.15, -0.1) is 0 Å². The molecule has 0 radical (unpaired) electrons. The molecule has 3 saturated heterocycles. The minimum atomic E-state index is -2.05. The normalized spacial score (nSPS) is 28.7. The minimum absolute atomic E-state index is 0.104. The monoisotopic (exact) mass is 987 g/mol. The van der Waals surface area contributed by atoms with Gasteiger partial charge < -0.3 is 67.6 Å². The first-order valence-corrected chi connectivity index (χ1v) is 20.8. The molecule has 0 bridgehead atoms. The van der Waals surface area contributed by atoms with Crippen LogP contribution in [0.4, 0.5) is 9.59 Å². The maximum absolute atomic E-state index is 13.7. The molecule has 0 unspecified atom stereocenters. The van der Waals surface area contributed by atoms with Crippen molar-refractivity contribution in [3.05, 3.63) is 96.1 Å². The maximum Gasteiger partial charge on any atom is 0.508 e. The Morgan fingerprint density at radius 1 is 0.758 bits per heavy atom. The number of esters is 1. The summed E-state index contributed by atoms with van der Waals surface area (Å²) in [5.74, 6) is -0.196. The second-order valence-electron chi connectivity index (χ2n) is 13.7. The van der Waals surface area contributed by atoms with Gasteiger partial charge in [0.05, 0.1) is 25.9 Å². The van der Waals surface area contributed by atoms with E-state index in [-0.39, 0.29) is 17.9 Å². The van der Waals surface area contributed by atoms with E-state index in [1.54, 1.807) is 60.7 Å². The molecule has 3 aromatic carbocycles. The zero-order valence-corrected chi connectivity index (χ0v) is 36.7. The summed E-state index contributed by atoms with van der Waals surface area (Å²) in [4.78, 5) is 40.5. The molecule has 3 N–H and O–H groups in total. The Bertz CT molecular complexity index is 1930. The van der Waals surface area contributed by atoms with E-state index in [1.165, 1.54) is 31.4 Å². The van der Waals surface area contributed by atoms with Gasteiger partial charge in [0.1, 0.15) is 61.3 Å². The van der Waals surface area contributed by atoms with Crippen molar-refractivity contribution in [2.45, 2.75) is 75.2 Å². The largest absolute Gasteiger partial charge is 0.508 e. The predicted molar refractivity (Wildman–Crippen MR) is 220 cm³/mol. The number of aliphatic hydroxyl groups is 2. The Morgan fingerprint density at radius 2 is 1.39 bits per heavy atom. The maximum atomic E-state index is 13.7. The van der Waals surface area contributed by atoms with E-state index in [0.717, 1.165) is 0 Å². The minimum Gasteiger partial charge on any atom is -0.497 e. The molecule has 3 fully saturated rings. The number of carbonyl (C=O) groups is 3. The van der Waals surface area contributed by atoms with Crippen LogP contribution in [0.3, 0.4) is 0 Å². The molecule has 6 rings (SSSR count). The van der Waals surface area contributed by atoms with Crippen molar-refractivity contribution >= 4 is 87.8 Å². The number of hydrogen-bond donors (Lipinski definition) is 3. The van der Waals surface area contributed by atoms with Gasteiger partial charge in [-0.2, -0.15) is 0 Å². The van der Waals surface area contributed by atoms with Gasteiger partial charge in [-0.3, -0.25) is 0 Å². The van der Waals surface area contributed by atoms with Crippen LogP contribution in [0.25, 0.3) is 0 Å². The van der Waals surface area contributed by atoms with Gasteiger partial charge in [0.15, 0.2) is 24.8 Å².